The van der Waals surface area contributed by atoms with Gasteiger partial charge in [-0.1, -0.05) is 18.2 Å². The highest BCUT2D eigenvalue weighted by atomic mass is 32.2. The van der Waals surface area contributed by atoms with Crippen LogP contribution < -0.4 is 5.73 Å². The number of hydrogen-bond acceptors (Lipinski definition) is 2. The lowest BCUT2D eigenvalue weighted by Gasteiger charge is -2.08. The van der Waals surface area contributed by atoms with Gasteiger partial charge in [-0.05, 0) is 48.7 Å². The van der Waals surface area contributed by atoms with Crippen LogP contribution in [0.5, 0.6) is 0 Å². The number of aryl methyl sites for hydroxylation is 2. The molecular weight excluding hydrogens is 261 g/mol. The van der Waals surface area contributed by atoms with Crippen LogP contribution in [0.3, 0.4) is 0 Å². The third-order valence-electron chi connectivity index (χ3n) is 3.09. The molecule has 0 heterocycles. The van der Waals surface area contributed by atoms with Gasteiger partial charge in [0, 0.05) is 5.69 Å². The molecule has 0 saturated carbocycles. The van der Waals surface area contributed by atoms with Crippen molar-refractivity contribution in [1.29, 1.82) is 0 Å². The van der Waals surface area contributed by atoms with Crippen LogP contribution >= 0.6 is 0 Å². The second kappa shape index (κ2) is 5.53. The lowest BCUT2D eigenvalue weighted by molar-refractivity contribution is 0.623. The number of halogens is 1. The van der Waals surface area contributed by atoms with Crippen molar-refractivity contribution in [2.75, 3.05) is 5.73 Å². The minimum Gasteiger partial charge on any atom is -0.398 e. The van der Waals surface area contributed by atoms with Gasteiger partial charge in [-0.25, -0.2) is 4.39 Å². The maximum absolute atomic E-state index is 13.2. The van der Waals surface area contributed by atoms with Gasteiger partial charge >= 0.3 is 0 Å². The molecule has 2 nitrogen and oxygen atoms in total. The highest BCUT2D eigenvalue weighted by molar-refractivity contribution is 7.84. The van der Waals surface area contributed by atoms with Crippen molar-refractivity contribution in [2.45, 2.75) is 24.5 Å². The van der Waals surface area contributed by atoms with Gasteiger partial charge in [0.25, 0.3) is 0 Å². The van der Waals surface area contributed by atoms with Crippen LogP contribution in [0.1, 0.15) is 16.7 Å². The number of rotatable bonds is 3. The molecule has 0 aliphatic carbocycles. The van der Waals surface area contributed by atoms with E-state index < -0.39 is 16.6 Å². The predicted octanol–water partition coefficient (Wildman–Crippen LogP) is 3.33. The summed E-state index contributed by atoms with van der Waals surface area (Å²) in [4.78, 5) is 0.359. The van der Waals surface area contributed by atoms with E-state index in [1.54, 1.807) is 0 Å². The fourth-order valence-corrected chi connectivity index (χ4v) is 3.04. The lowest BCUT2D eigenvalue weighted by Crippen LogP contribution is -2.02. The first kappa shape index (κ1) is 13.7. The van der Waals surface area contributed by atoms with Crippen molar-refractivity contribution in [2.24, 2.45) is 0 Å². The molecule has 19 heavy (non-hydrogen) atoms. The number of nitrogens with two attached hydrogens (primary N) is 1. The maximum atomic E-state index is 13.2. The van der Waals surface area contributed by atoms with Crippen molar-refractivity contribution >= 4 is 16.5 Å². The summed E-state index contributed by atoms with van der Waals surface area (Å²) in [7, 11) is -1.34. The summed E-state index contributed by atoms with van der Waals surface area (Å²) in [5.41, 5.74) is 9.41. The SMILES string of the molecule is Cc1ccc(CS(=O)c2cc(F)ccc2N)cc1C. The van der Waals surface area contributed by atoms with Crippen LogP contribution in [-0.4, -0.2) is 4.21 Å². The van der Waals surface area contributed by atoms with E-state index in [1.165, 1.54) is 23.8 Å². The van der Waals surface area contributed by atoms with Gasteiger partial charge in [-0.3, -0.25) is 4.21 Å². The molecule has 0 radical (unpaired) electrons. The standard InChI is InChI=1S/C15H16FNOS/c1-10-3-4-12(7-11(10)2)9-19(18)15-8-13(16)5-6-14(15)17/h3-8H,9,17H2,1-2H3. The Balaban J connectivity index is 2.25. The first-order chi connectivity index (χ1) is 8.97. The first-order valence-electron chi connectivity index (χ1n) is 5.97. The Morgan fingerprint density at radius 1 is 1.11 bits per heavy atom. The van der Waals surface area contributed by atoms with E-state index in [-0.39, 0.29) is 0 Å². The van der Waals surface area contributed by atoms with Crippen molar-refractivity contribution in [3.05, 3.63) is 58.9 Å². The molecule has 0 aliphatic rings. The zero-order valence-corrected chi connectivity index (χ0v) is 11.8. The van der Waals surface area contributed by atoms with Crippen molar-refractivity contribution in [1.82, 2.24) is 0 Å². The van der Waals surface area contributed by atoms with E-state index in [0.29, 0.717) is 16.3 Å². The molecule has 2 N–H and O–H groups in total. The third-order valence-corrected chi connectivity index (χ3v) is 4.53. The zero-order chi connectivity index (χ0) is 14.0. The second-order valence-corrected chi connectivity index (χ2v) is 6.01. The van der Waals surface area contributed by atoms with E-state index in [9.17, 15) is 8.60 Å². The average Bonchev–Trinajstić information content (AvgIpc) is 2.36. The highest BCUT2D eigenvalue weighted by Gasteiger charge is 2.10. The summed E-state index contributed by atoms with van der Waals surface area (Å²) in [5, 5.41) is 0. The highest BCUT2D eigenvalue weighted by Crippen LogP contribution is 2.21. The van der Waals surface area contributed by atoms with Gasteiger partial charge < -0.3 is 5.73 Å². The summed E-state index contributed by atoms with van der Waals surface area (Å²) >= 11 is 0. The Labute approximate surface area is 114 Å². The first-order valence-corrected chi connectivity index (χ1v) is 7.29. The molecule has 0 bridgehead atoms. The molecule has 4 heteroatoms. The Bertz CT molecular complexity index is 640. The molecule has 1 atom stereocenters. The monoisotopic (exact) mass is 277 g/mol. The summed E-state index contributed by atoms with van der Waals surface area (Å²) in [6.07, 6.45) is 0. The number of hydrogen-bond donors (Lipinski definition) is 1. The molecule has 100 valence electrons. The molecule has 0 aromatic heterocycles. The Hall–Kier alpha value is -1.68. The van der Waals surface area contributed by atoms with E-state index in [0.717, 1.165) is 11.1 Å². The van der Waals surface area contributed by atoms with Gasteiger partial charge in [-0.15, -0.1) is 0 Å². The maximum Gasteiger partial charge on any atom is 0.124 e. The largest absolute Gasteiger partial charge is 0.398 e. The Morgan fingerprint density at radius 2 is 1.84 bits per heavy atom. The van der Waals surface area contributed by atoms with Crippen molar-refractivity contribution in [3.63, 3.8) is 0 Å². The smallest absolute Gasteiger partial charge is 0.124 e. The zero-order valence-electron chi connectivity index (χ0n) is 10.9. The summed E-state index contributed by atoms with van der Waals surface area (Å²) in [5.74, 6) is -0.0768. The molecular formula is C15H16FNOS. The number of benzene rings is 2. The van der Waals surface area contributed by atoms with Gasteiger partial charge in [0.05, 0.1) is 21.4 Å². The molecule has 0 aliphatic heterocycles. The van der Waals surface area contributed by atoms with Gasteiger partial charge in [-0.2, -0.15) is 0 Å². The molecule has 2 rings (SSSR count). The summed E-state index contributed by atoms with van der Waals surface area (Å²) in [6, 6.07) is 9.90. The number of anilines is 1. The fraction of sp³-hybridized carbons (Fsp3) is 0.200. The van der Waals surface area contributed by atoms with E-state index >= 15 is 0 Å². The van der Waals surface area contributed by atoms with E-state index in [4.69, 9.17) is 5.73 Å². The van der Waals surface area contributed by atoms with Crippen LogP contribution in [0.2, 0.25) is 0 Å². The minimum absolute atomic E-state index is 0.342. The molecule has 1 unspecified atom stereocenters. The Kier molecular flexibility index (Phi) is 4.00. The minimum atomic E-state index is -1.34. The van der Waals surface area contributed by atoms with Crippen molar-refractivity contribution in [3.8, 4) is 0 Å². The van der Waals surface area contributed by atoms with Crippen LogP contribution in [0.25, 0.3) is 0 Å². The topological polar surface area (TPSA) is 43.1 Å². The normalized spacial score (nSPS) is 12.4. The lowest BCUT2D eigenvalue weighted by atomic mass is 10.1. The van der Waals surface area contributed by atoms with E-state index in [2.05, 4.69) is 0 Å². The van der Waals surface area contributed by atoms with E-state index in [1.807, 2.05) is 32.0 Å². The fourth-order valence-electron chi connectivity index (χ4n) is 1.83. The van der Waals surface area contributed by atoms with Crippen LogP contribution in [-0.2, 0) is 16.6 Å². The summed E-state index contributed by atoms with van der Waals surface area (Å²) < 4.78 is 25.4. The van der Waals surface area contributed by atoms with Crippen LogP contribution in [0.4, 0.5) is 10.1 Å². The quantitative estimate of drug-likeness (QED) is 0.874. The molecule has 0 fully saturated rings. The predicted molar refractivity (Wildman–Crippen MR) is 76.8 cm³/mol. The van der Waals surface area contributed by atoms with Gasteiger partial charge in [0.2, 0.25) is 0 Å². The average molecular weight is 277 g/mol. The molecule has 2 aromatic rings. The van der Waals surface area contributed by atoms with Crippen LogP contribution in [0, 0.1) is 19.7 Å². The Morgan fingerprint density at radius 3 is 2.53 bits per heavy atom. The molecule has 0 saturated heterocycles. The third kappa shape index (κ3) is 3.20. The molecule has 0 spiro atoms. The number of nitrogen functional groups attached to an aromatic ring is 1. The van der Waals surface area contributed by atoms with Crippen molar-refractivity contribution < 1.29 is 8.60 Å². The summed E-state index contributed by atoms with van der Waals surface area (Å²) in [6.45, 7) is 4.04. The molecule has 0 amide bonds. The van der Waals surface area contributed by atoms with Crippen LogP contribution in [0.15, 0.2) is 41.3 Å². The van der Waals surface area contributed by atoms with Gasteiger partial charge in [0.15, 0.2) is 0 Å². The van der Waals surface area contributed by atoms with Gasteiger partial charge in [0.1, 0.15) is 5.82 Å². The second-order valence-electron chi connectivity index (χ2n) is 4.59. The molecule has 2 aromatic carbocycles.